The van der Waals surface area contributed by atoms with E-state index in [1.165, 1.54) is 0 Å². The van der Waals surface area contributed by atoms with Crippen LogP contribution < -0.4 is 15.5 Å². The average molecular weight is 367 g/mol. The molecule has 0 bridgehead atoms. The molecule has 2 aromatic rings. The van der Waals surface area contributed by atoms with Gasteiger partial charge in [-0.2, -0.15) is 0 Å². The summed E-state index contributed by atoms with van der Waals surface area (Å²) in [6, 6.07) is 17.5. The van der Waals surface area contributed by atoms with E-state index in [2.05, 4.69) is 10.6 Å². The van der Waals surface area contributed by atoms with Gasteiger partial charge in [0.2, 0.25) is 11.8 Å². The van der Waals surface area contributed by atoms with Crippen LogP contribution in [-0.4, -0.2) is 24.9 Å². The highest BCUT2D eigenvalue weighted by Gasteiger charge is 2.12. The van der Waals surface area contributed by atoms with E-state index in [0.29, 0.717) is 13.1 Å². The summed E-state index contributed by atoms with van der Waals surface area (Å²) >= 11 is 0. The molecule has 0 aliphatic carbocycles. The molecule has 0 radical (unpaired) electrons. The maximum atomic E-state index is 12.3. The first kappa shape index (κ1) is 20.5. The molecular formula is C22H29N3O2. The molecule has 2 amide bonds. The van der Waals surface area contributed by atoms with Gasteiger partial charge in [-0.25, -0.2) is 0 Å². The zero-order valence-electron chi connectivity index (χ0n) is 16.4. The Hall–Kier alpha value is -2.82. The summed E-state index contributed by atoms with van der Waals surface area (Å²) in [6.07, 6.45) is 0.803. The Balaban J connectivity index is 1.89. The van der Waals surface area contributed by atoms with Crippen LogP contribution in [0.15, 0.2) is 54.6 Å². The van der Waals surface area contributed by atoms with Gasteiger partial charge in [-0.3, -0.25) is 9.59 Å². The van der Waals surface area contributed by atoms with E-state index >= 15 is 0 Å². The summed E-state index contributed by atoms with van der Waals surface area (Å²) < 4.78 is 0. The lowest BCUT2D eigenvalue weighted by Crippen LogP contribution is -2.36. The molecule has 0 saturated carbocycles. The average Bonchev–Trinajstić information content (AvgIpc) is 2.70. The second kappa shape index (κ2) is 10.4. The molecule has 0 aromatic heterocycles. The number of carbonyl (C=O) groups is 2. The van der Waals surface area contributed by atoms with Gasteiger partial charge in [0.05, 0.1) is 6.54 Å². The molecule has 1 atom stereocenters. The Kier molecular flexibility index (Phi) is 7.86. The fraction of sp³-hybridized carbons (Fsp3) is 0.364. The minimum absolute atomic E-state index is 0.0140. The van der Waals surface area contributed by atoms with Gasteiger partial charge in [-0.15, -0.1) is 0 Å². The van der Waals surface area contributed by atoms with Crippen LogP contribution in [0.5, 0.6) is 0 Å². The molecule has 1 unspecified atom stereocenters. The fourth-order valence-electron chi connectivity index (χ4n) is 2.66. The van der Waals surface area contributed by atoms with E-state index < -0.39 is 0 Å². The maximum Gasteiger partial charge on any atom is 0.239 e. The van der Waals surface area contributed by atoms with Crippen LogP contribution in [0.4, 0.5) is 11.4 Å². The molecule has 5 heteroatoms. The van der Waals surface area contributed by atoms with Gasteiger partial charge in [0.25, 0.3) is 0 Å². The first-order valence-corrected chi connectivity index (χ1v) is 9.50. The standard InChI is InChI=1S/C22H29N3O2/c1-4-17(3)22(27)24-19-11-9-10-18(14-19)15-23-21(26)16-25(5-2)20-12-7-6-8-13-20/h6-14,17H,4-5,15-16H2,1-3H3,(H,23,26)(H,24,27). The van der Waals surface area contributed by atoms with Crippen molar-refractivity contribution in [3.63, 3.8) is 0 Å². The highest BCUT2D eigenvalue weighted by molar-refractivity contribution is 5.92. The molecule has 144 valence electrons. The van der Waals surface area contributed by atoms with Crippen molar-refractivity contribution in [2.24, 2.45) is 5.92 Å². The second-order valence-corrected chi connectivity index (χ2v) is 6.63. The van der Waals surface area contributed by atoms with Crippen molar-refractivity contribution < 1.29 is 9.59 Å². The molecule has 27 heavy (non-hydrogen) atoms. The summed E-state index contributed by atoms with van der Waals surface area (Å²) in [6.45, 7) is 7.43. The molecule has 0 aliphatic rings. The van der Waals surface area contributed by atoms with Gasteiger partial charge in [-0.1, -0.05) is 44.2 Å². The van der Waals surface area contributed by atoms with Crippen molar-refractivity contribution in [2.45, 2.75) is 33.7 Å². The van der Waals surface area contributed by atoms with Gasteiger partial charge in [0, 0.05) is 30.4 Å². The van der Waals surface area contributed by atoms with Crippen molar-refractivity contribution in [2.75, 3.05) is 23.3 Å². The number of anilines is 2. The van der Waals surface area contributed by atoms with E-state index in [1.54, 1.807) is 0 Å². The van der Waals surface area contributed by atoms with Crippen LogP contribution in [0, 0.1) is 5.92 Å². The van der Waals surface area contributed by atoms with Gasteiger partial charge in [0.15, 0.2) is 0 Å². The minimum Gasteiger partial charge on any atom is -0.363 e. The number of benzene rings is 2. The van der Waals surface area contributed by atoms with E-state index in [4.69, 9.17) is 0 Å². The Bertz CT molecular complexity index is 746. The van der Waals surface area contributed by atoms with Crippen molar-refractivity contribution in [1.29, 1.82) is 0 Å². The topological polar surface area (TPSA) is 61.4 Å². The summed E-state index contributed by atoms with van der Waals surface area (Å²) in [5, 5.41) is 5.88. The Morgan fingerprint density at radius 2 is 1.78 bits per heavy atom. The smallest absolute Gasteiger partial charge is 0.239 e. The van der Waals surface area contributed by atoms with E-state index in [1.807, 2.05) is 80.3 Å². The molecule has 0 saturated heterocycles. The number of rotatable bonds is 9. The summed E-state index contributed by atoms with van der Waals surface area (Å²) in [5.74, 6) is -0.0405. The third-order valence-electron chi connectivity index (χ3n) is 4.58. The van der Waals surface area contributed by atoms with E-state index in [-0.39, 0.29) is 17.7 Å². The van der Waals surface area contributed by atoms with Crippen molar-refractivity contribution in [3.8, 4) is 0 Å². The quantitative estimate of drug-likeness (QED) is 0.708. The third-order valence-corrected chi connectivity index (χ3v) is 4.58. The SMILES string of the molecule is CCC(C)C(=O)Nc1cccc(CNC(=O)CN(CC)c2ccccc2)c1. The number of carbonyl (C=O) groups excluding carboxylic acids is 2. The first-order valence-electron chi connectivity index (χ1n) is 9.50. The maximum absolute atomic E-state index is 12.3. The van der Waals surface area contributed by atoms with Crippen LogP contribution in [-0.2, 0) is 16.1 Å². The number of hydrogen-bond donors (Lipinski definition) is 2. The van der Waals surface area contributed by atoms with E-state index in [0.717, 1.165) is 29.9 Å². The Morgan fingerprint density at radius 1 is 1.04 bits per heavy atom. The largest absolute Gasteiger partial charge is 0.363 e. The van der Waals surface area contributed by atoms with Gasteiger partial charge >= 0.3 is 0 Å². The normalized spacial score (nSPS) is 11.5. The number of para-hydroxylation sites is 1. The van der Waals surface area contributed by atoms with Crippen LogP contribution in [0.2, 0.25) is 0 Å². The second-order valence-electron chi connectivity index (χ2n) is 6.63. The number of nitrogens with zero attached hydrogens (tertiary/aromatic N) is 1. The van der Waals surface area contributed by atoms with E-state index in [9.17, 15) is 9.59 Å². The summed E-state index contributed by atoms with van der Waals surface area (Å²) in [4.78, 5) is 26.4. The molecule has 2 aromatic carbocycles. The highest BCUT2D eigenvalue weighted by atomic mass is 16.2. The Morgan fingerprint density at radius 3 is 2.44 bits per heavy atom. The van der Waals surface area contributed by atoms with Crippen LogP contribution in [0.25, 0.3) is 0 Å². The van der Waals surface area contributed by atoms with Crippen molar-refractivity contribution >= 4 is 23.2 Å². The predicted molar refractivity (Wildman–Crippen MR) is 111 cm³/mol. The van der Waals surface area contributed by atoms with Crippen molar-refractivity contribution in [1.82, 2.24) is 5.32 Å². The lowest BCUT2D eigenvalue weighted by Gasteiger charge is -2.22. The van der Waals surface area contributed by atoms with Crippen LogP contribution in [0.3, 0.4) is 0 Å². The summed E-state index contributed by atoms with van der Waals surface area (Å²) in [5.41, 5.74) is 2.74. The monoisotopic (exact) mass is 367 g/mol. The molecular weight excluding hydrogens is 338 g/mol. The van der Waals surface area contributed by atoms with Crippen LogP contribution in [0.1, 0.15) is 32.8 Å². The fourth-order valence-corrected chi connectivity index (χ4v) is 2.66. The van der Waals surface area contributed by atoms with Gasteiger partial charge in [-0.05, 0) is 43.2 Å². The number of amides is 2. The first-order chi connectivity index (χ1) is 13.0. The number of likely N-dealkylation sites (N-methyl/N-ethyl adjacent to an activating group) is 1. The lowest BCUT2D eigenvalue weighted by atomic mass is 10.1. The Labute approximate surface area is 161 Å². The molecule has 5 nitrogen and oxygen atoms in total. The molecule has 0 spiro atoms. The van der Waals surface area contributed by atoms with Crippen LogP contribution >= 0.6 is 0 Å². The number of hydrogen-bond acceptors (Lipinski definition) is 3. The molecule has 0 fully saturated rings. The van der Waals surface area contributed by atoms with Crippen molar-refractivity contribution in [3.05, 3.63) is 60.2 Å². The van der Waals surface area contributed by atoms with Gasteiger partial charge < -0.3 is 15.5 Å². The zero-order valence-corrected chi connectivity index (χ0v) is 16.4. The molecule has 2 N–H and O–H groups in total. The number of nitrogens with one attached hydrogen (secondary N) is 2. The highest BCUT2D eigenvalue weighted by Crippen LogP contribution is 2.14. The predicted octanol–water partition coefficient (Wildman–Crippen LogP) is 3.81. The minimum atomic E-state index is -0.0326. The van der Waals surface area contributed by atoms with Gasteiger partial charge in [0.1, 0.15) is 0 Å². The summed E-state index contributed by atoms with van der Waals surface area (Å²) in [7, 11) is 0. The third kappa shape index (κ3) is 6.44. The zero-order chi connectivity index (χ0) is 19.6. The molecule has 0 heterocycles. The molecule has 2 rings (SSSR count). The lowest BCUT2D eigenvalue weighted by molar-refractivity contribution is -0.120. The molecule has 0 aliphatic heterocycles.